The predicted molar refractivity (Wildman–Crippen MR) is 105 cm³/mol. The predicted octanol–water partition coefficient (Wildman–Crippen LogP) is 4.79. The zero-order valence-corrected chi connectivity index (χ0v) is 15.2. The van der Waals surface area contributed by atoms with Crippen LogP contribution in [0, 0.1) is 6.92 Å². The van der Waals surface area contributed by atoms with Crippen molar-refractivity contribution in [3.8, 4) is 0 Å². The Labute approximate surface area is 152 Å². The quantitative estimate of drug-likeness (QED) is 0.694. The number of rotatable bonds is 6. The summed E-state index contributed by atoms with van der Waals surface area (Å²) in [4.78, 5) is 19.7. The molecule has 0 aliphatic heterocycles. The van der Waals surface area contributed by atoms with Crippen LogP contribution in [-0.4, -0.2) is 17.4 Å². The first-order valence-electron chi connectivity index (χ1n) is 8.28. The van der Waals surface area contributed by atoms with Crippen molar-refractivity contribution in [2.24, 2.45) is 0 Å². The third-order valence-electron chi connectivity index (χ3n) is 3.87. The van der Waals surface area contributed by atoms with Gasteiger partial charge in [-0.25, -0.2) is 4.98 Å². The van der Waals surface area contributed by atoms with Crippen LogP contribution in [-0.2, 0) is 11.2 Å². The summed E-state index contributed by atoms with van der Waals surface area (Å²) in [6, 6.07) is 16.1. The van der Waals surface area contributed by atoms with Gasteiger partial charge in [-0.3, -0.25) is 4.79 Å². The first-order chi connectivity index (χ1) is 12.2. The largest absolute Gasteiger partial charge is 0.341 e. The molecule has 0 unspecified atom stereocenters. The van der Waals surface area contributed by atoms with Crippen molar-refractivity contribution in [1.29, 1.82) is 0 Å². The van der Waals surface area contributed by atoms with E-state index in [0.29, 0.717) is 12.2 Å². The molecule has 0 saturated carbocycles. The molecule has 5 heteroatoms. The molecule has 0 spiro atoms. The number of anilines is 3. The Kier molecular flexibility index (Phi) is 5.46. The van der Waals surface area contributed by atoms with Crippen molar-refractivity contribution in [2.45, 2.75) is 20.3 Å². The molecular formula is C20H21N3OS. The first kappa shape index (κ1) is 17.2. The molecule has 1 amide bonds. The van der Waals surface area contributed by atoms with E-state index in [2.05, 4.69) is 53.3 Å². The molecule has 0 saturated heterocycles. The number of amides is 1. The fourth-order valence-electron chi connectivity index (χ4n) is 2.69. The van der Waals surface area contributed by atoms with Crippen LogP contribution >= 0.6 is 11.3 Å². The maximum absolute atomic E-state index is 12.1. The maximum atomic E-state index is 12.1. The highest BCUT2D eigenvalue weighted by molar-refractivity contribution is 7.10. The monoisotopic (exact) mass is 351 g/mol. The molecule has 1 aromatic carbocycles. The van der Waals surface area contributed by atoms with Crippen molar-refractivity contribution in [1.82, 2.24) is 4.98 Å². The van der Waals surface area contributed by atoms with Gasteiger partial charge in [-0.1, -0.05) is 18.2 Å². The molecule has 0 bridgehead atoms. The van der Waals surface area contributed by atoms with E-state index in [1.54, 1.807) is 17.5 Å². The highest BCUT2D eigenvalue weighted by Gasteiger charge is 2.09. The highest BCUT2D eigenvalue weighted by Crippen LogP contribution is 2.25. The van der Waals surface area contributed by atoms with E-state index in [4.69, 9.17) is 0 Å². The minimum absolute atomic E-state index is 0.0475. The SMILES string of the molecule is CCN(c1ccc(NC(=O)Cc2cccs2)nc1)c1cccc(C)c1. The smallest absolute Gasteiger partial charge is 0.230 e. The summed E-state index contributed by atoms with van der Waals surface area (Å²) < 4.78 is 0. The summed E-state index contributed by atoms with van der Waals surface area (Å²) in [5.74, 6) is 0.527. The third kappa shape index (κ3) is 4.45. The molecule has 4 nitrogen and oxygen atoms in total. The molecular weight excluding hydrogens is 330 g/mol. The average Bonchev–Trinajstić information content (AvgIpc) is 3.10. The third-order valence-corrected chi connectivity index (χ3v) is 4.75. The topological polar surface area (TPSA) is 45.2 Å². The molecule has 3 aromatic rings. The molecule has 0 aliphatic rings. The molecule has 2 aromatic heterocycles. The summed E-state index contributed by atoms with van der Waals surface area (Å²) in [5.41, 5.74) is 3.37. The number of nitrogens with one attached hydrogen (secondary N) is 1. The second-order valence-electron chi connectivity index (χ2n) is 5.79. The summed E-state index contributed by atoms with van der Waals surface area (Å²) in [6.45, 7) is 5.04. The van der Waals surface area contributed by atoms with Gasteiger partial charge in [-0.2, -0.15) is 0 Å². The van der Waals surface area contributed by atoms with Gasteiger partial charge in [0.25, 0.3) is 0 Å². The molecule has 0 atom stereocenters. The number of carbonyl (C=O) groups excluding carboxylic acids is 1. The van der Waals surface area contributed by atoms with Gasteiger partial charge in [0.15, 0.2) is 0 Å². The number of hydrogen-bond donors (Lipinski definition) is 1. The minimum Gasteiger partial charge on any atom is -0.341 e. The number of thiophene rings is 1. The van der Waals surface area contributed by atoms with E-state index in [-0.39, 0.29) is 5.91 Å². The van der Waals surface area contributed by atoms with Gasteiger partial charge >= 0.3 is 0 Å². The van der Waals surface area contributed by atoms with Gasteiger partial charge in [0.05, 0.1) is 18.3 Å². The zero-order valence-electron chi connectivity index (χ0n) is 14.4. The normalized spacial score (nSPS) is 10.5. The lowest BCUT2D eigenvalue weighted by atomic mass is 10.2. The van der Waals surface area contributed by atoms with Crippen molar-refractivity contribution in [2.75, 3.05) is 16.8 Å². The van der Waals surface area contributed by atoms with Crippen molar-refractivity contribution in [3.05, 3.63) is 70.5 Å². The molecule has 2 heterocycles. The number of nitrogens with zero attached hydrogens (tertiary/aromatic N) is 2. The Morgan fingerprint density at radius 1 is 1.16 bits per heavy atom. The van der Waals surface area contributed by atoms with Gasteiger partial charge in [-0.15, -0.1) is 11.3 Å². The van der Waals surface area contributed by atoms with E-state index in [0.717, 1.165) is 22.8 Å². The Hall–Kier alpha value is -2.66. The maximum Gasteiger partial charge on any atom is 0.230 e. The highest BCUT2D eigenvalue weighted by atomic mass is 32.1. The summed E-state index contributed by atoms with van der Waals surface area (Å²) in [6.07, 6.45) is 2.18. The Bertz CT molecular complexity index is 828. The molecule has 25 heavy (non-hydrogen) atoms. The molecule has 3 rings (SSSR count). The van der Waals surface area contributed by atoms with Gasteiger partial charge in [-0.05, 0) is 55.1 Å². The van der Waals surface area contributed by atoms with Crippen LogP contribution in [0.5, 0.6) is 0 Å². The molecule has 0 radical (unpaired) electrons. The van der Waals surface area contributed by atoms with Crippen molar-refractivity contribution < 1.29 is 4.79 Å². The molecule has 1 N–H and O–H groups in total. The van der Waals surface area contributed by atoms with Crippen LogP contribution in [0.15, 0.2) is 60.1 Å². The summed E-state index contributed by atoms with van der Waals surface area (Å²) in [5, 5.41) is 4.82. The van der Waals surface area contributed by atoms with Gasteiger partial charge in [0.1, 0.15) is 5.82 Å². The lowest BCUT2D eigenvalue weighted by molar-refractivity contribution is -0.115. The standard InChI is InChI=1S/C20H21N3OS/c1-3-23(16-7-4-6-15(2)12-16)17-9-10-19(21-14-17)22-20(24)13-18-8-5-11-25-18/h4-12,14H,3,13H2,1-2H3,(H,21,22,24). The van der Waals surface area contributed by atoms with E-state index in [1.807, 2.05) is 29.6 Å². The van der Waals surface area contributed by atoms with Crippen LogP contribution in [0.2, 0.25) is 0 Å². The number of hydrogen-bond acceptors (Lipinski definition) is 4. The van der Waals surface area contributed by atoms with Crippen LogP contribution in [0.25, 0.3) is 0 Å². The number of aromatic nitrogens is 1. The van der Waals surface area contributed by atoms with E-state index < -0.39 is 0 Å². The Balaban J connectivity index is 1.69. The lowest BCUT2D eigenvalue weighted by Gasteiger charge is -2.23. The van der Waals surface area contributed by atoms with Crippen molar-refractivity contribution >= 4 is 34.4 Å². The van der Waals surface area contributed by atoms with E-state index in [9.17, 15) is 4.79 Å². The van der Waals surface area contributed by atoms with Crippen LogP contribution < -0.4 is 10.2 Å². The summed E-state index contributed by atoms with van der Waals surface area (Å²) in [7, 11) is 0. The Morgan fingerprint density at radius 3 is 2.68 bits per heavy atom. The fourth-order valence-corrected chi connectivity index (χ4v) is 3.39. The molecule has 128 valence electrons. The van der Waals surface area contributed by atoms with E-state index >= 15 is 0 Å². The second kappa shape index (κ2) is 7.94. The summed E-state index contributed by atoms with van der Waals surface area (Å²) >= 11 is 1.58. The number of aryl methyl sites for hydroxylation is 1. The van der Waals surface area contributed by atoms with E-state index in [1.165, 1.54) is 5.56 Å². The second-order valence-corrected chi connectivity index (χ2v) is 6.82. The lowest BCUT2D eigenvalue weighted by Crippen LogP contribution is -2.17. The molecule has 0 aliphatic carbocycles. The number of carbonyl (C=O) groups is 1. The average molecular weight is 351 g/mol. The minimum atomic E-state index is -0.0475. The van der Waals surface area contributed by atoms with Gasteiger partial charge in [0, 0.05) is 17.1 Å². The van der Waals surface area contributed by atoms with Gasteiger partial charge in [0.2, 0.25) is 5.91 Å². The van der Waals surface area contributed by atoms with Crippen LogP contribution in [0.4, 0.5) is 17.2 Å². The fraction of sp³-hybridized carbons (Fsp3) is 0.200. The number of benzene rings is 1. The first-order valence-corrected chi connectivity index (χ1v) is 9.16. The van der Waals surface area contributed by atoms with Crippen LogP contribution in [0.3, 0.4) is 0 Å². The number of pyridine rings is 1. The zero-order chi connectivity index (χ0) is 17.6. The van der Waals surface area contributed by atoms with Crippen LogP contribution in [0.1, 0.15) is 17.4 Å². The van der Waals surface area contributed by atoms with Crippen molar-refractivity contribution in [3.63, 3.8) is 0 Å². The Morgan fingerprint density at radius 2 is 2.04 bits per heavy atom. The van der Waals surface area contributed by atoms with Gasteiger partial charge < -0.3 is 10.2 Å². The molecule has 0 fully saturated rings.